The van der Waals surface area contributed by atoms with Crippen LogP contribution in [0.25, 0.3) is 10.9 Å². The first kappa shape index (κ1) is 17.7. The molecule has 0 spiro atoms. The Kier molecular flexibility index (Phi) is 4.24. The van der Waals surface area contributed by atoms with Crippen LogP contribution in [-0.2, 0) is 22.9 Å². The number of sulfonamides is 1. The maximum atomic E-state index is 13.0. The minimum Gasteiger partial charge on any atom is -0.358 e. The SMILES string of the molecule is Cc1ccc2[nH]c3c(c2c1)CCN(S(=O)(=O)c1ccc([N+](=O)[O-])cc1)CC3. The number of aromatic nitrogens is 1. The van der Waals surface area contributed by atoms with Crippen molar-refractivity contribution in [1.82, 2.24) is 9.29 Å². The molecule has 3 aromatic rings. The van der Waals surface area contributed by atoms with Crippen LogP contribution in [0.1, 0.15) is 16.8 Å². The standard InChI is InChI=1S/C19H19N3O4S/c1-13-2-7-18-17(12-13)16-8-10-21(11-9-19(16)20-18)27(25,26)15-5-3-14(4-6-15)22(23)24/h2-7,12,20H,8-11H2,1H3. The molecule has 2 heterocycles. The van der Waals surface area contributed by atoms with Gasteiger partial charge in [0, 0.05) is 48.2 Å². The predicted octanol–water partition coefficient (Wildman–Crippen LogP) is 3.17. The van der Waals surface area contributed by atoms with E-state index in [1.54, 1.807) is 0 Å². The van der Waals surface area contributed by atoms with Gasteiger partial charge in [-0.25, -0.2) is 8.42 Å². The number of aryl methyl sites for hydroxylation is 1. The number of rotatable bonds is 3. The Morgan fingerprint density at radius 3 is 2.48 bits per heavy atom. The van der Waals surface area contributed by atoms with Gasteiger partial charge in [-0.05, 0) is 43.2 Å². The normalized spacial score (nSPS) is 15.4. The highest BCUT2D eigenvalue weighted by Gasteiger charge is 2.28. The molecule has 0 amide bonds. The Labute approximate surface area is 156 Å². The average molecular weight is 385 g/mol. The highest BCUT2D eigenvalue weighted by molar-refractivity contribution is 7.89. The van der Waals surface area contributed by atoms with E-state index in [1.807, 2.05) is 6.92 Å². The monoisotopic (exact) mass is 385 g/mol. The minimum atomic E-state index is -3.69. The fraction of sp³-hybridized carbons (Fsp3) is 0.263. The van der Waals surface area contributed by atoms with Crippen LogP contribution in [0.2, 0.25) is 0 Å². The lowest BCUT2D eigenvalue weighted by atomic mass is 10.1. The molecule has 4 rings (SSSR count). The Hall–Kier alpha value is -2.71. The summed E-state index contributed by atoms with van der Waals surface area (Å²) in [5.41, 5.74) is 4.38. The van der Waals surface area contributed by atoms with Gasteiger partial charge in [-0.1, -0.05) is 11.6 Å². The molecule has 7 nitrogen and oxygen atoms in total. The maximum Gasteiger partial charge on any atom is 0.269 e. The molecule has 140 valence electrons. The molecule has 0 atom stereocenters. The molecule has 0 radical (unpaired) electrons. The Balaban J connectivity index is 1.62. The van der Waals surface area contributed by atoms with Crippen molar-refractivity contribution in [3.63, 3.8) is 0 Å². The van der Waals surface area contributed by atoms with Crippen molar-refractivity contribution in [3.05, 3.63) is 69.4 Å². The van der Waals surface area contributed by atoms with Gasteiger partial charge in [0.15, 0.2) is 0 Å². The largest absolute Gasteiger partial charge is 0.358 e. The number of hydrogen-bond donors (Lipinski definition) is 1. The molecular formula is C19H19N3O4S. The summed E-state index contributed by atoms with van der Waals surface area (Å²) in [6, 6.07) is 11.3. The van der Waals surface area contributed by atoms with E-state index >= 15 is 0 Å². The van der Waals surface area contributed by atoms with Gasteiger partial charge >= 0.3 is 0 Å². The van der Waals surface area contributed by atoms with Crippen LogP contribution in [0.3, 0.4) is 0 Å². The van der Waals surface area contributed by atoms with Gasteiger partial charge in [-0.2, -0.15) is 4.31 Å². The molecule has 1 aromatic heterocycles. The Morgan fingerprint density at radius 2 is 1.78 bits per heavy atom. The number of hydrogen-bond acceptors (Lipinski definition) is 4. The second kappa shape index (κ2) is 6.47. The minimum absolute atomic E-state index is 0.0827. The summed E-state index contributed by atoms with van der Waals surface area (Å²) in [6.45, 7) is 2.80. The molecule has 0 bridgehead atoms. The van der Waals surface area contributed by atoms with Gasteiger partial charge in [0.25, 0.3) is 5.69 Å². The lowest BCUT2D eigenvalue weighted by Crippen LogP contribution is -2.33. The van der Waals surface area contributed by atoms with E-state index in [0.29, 0.717) is 25.9 Å². The molecule has 27 heavy (non-hydrogen) atoms. The predicted molar refractivity (Wildman–Crippen MR) is 102 cm³/mol. The Morgan fingerprint density at radius 1 is 1.07 bits per heavy atom. The van der Waals surface area contributed by atoms with Gasteiger partial charge in [0.05, 0.1) is 9.82 Å². The third-order valence-corrected chi connectivity index (χ3v) is 6.97. The van der Waals surface area contributed by atoms with Gasteiger partial charge in [0.1, 0.15) is 0 Å². The number of H-pyrrole nitrogens is 1. The van der Waals surface area contributed by atoms with Gasteiger partial charge in [0.2, 0.25) is 10.0 Å². The van der Waals surface area contributed by atoms with Crippen molar-refractivity contribution in [3.8, 4) is 0 Å². The van der Waals surface area contributed by atoms with Gasteiger partial charge in [-0.15, -0.1) is 0 Å². The number of nitro groups is 1. The molecule has 1 N–H and O–H groups in total. The number of nitrogens with zero attached hydrogens (tertiary/aromatic N) is 2. The van der Waals surface area contributed by atoms with E-state index in [2.05, 4.69) is 23.2 Å². The first-order valence-corrected chi connectivity index (χ1v) is 10.1. The third kappa shape index (κ3) is 3.11. The van der Waals surface area contributed by atoms with E-state index in [4.69, 9.17) is 0 Å². The fourth-order valence-corrected chi connectivity index (χ4v) is 5.07. The first-order valence-electron chi connectivity index (χ1n) is 8.71. The summed E-state index contributed by atoms with van der Waals surface area (Å²) in [7, 11) is -3.69. The topological polar surface area (TPSA) is 96.3 Å². The van der Waals surface area contributed by atoms with Crippen LogP contribution in [-0.4, -0.2) is 35.7 Å². The third-order valence-electron chi connectivity index (χ3n) is 5.06. The highest BCUT2D eigenvalue weighted by atomic mass is 32.2. The molecule has 1 aliphatic rings. The molecule has 0 saturated carbocycles. The zero-order chi connectivity index (χ0) is 19.2. The van der Waals surface area contributed by atoms with Crippen molar-refractivity contribution >= 4 is 26.6 Å². The number of benzene rings is 2. The second-order valence-corrected chi connectivity index (χ2v) is 8.72. The fourth-order valence-electron chi connectivity index (χ4n) is 3.63. The maximum absolute atomic E-state index is 13.0. The van der Waals surface area contributed by atoms with Crippen LogP contribution in [0.5, 0.6) is 0 Å². The molecule has 0 unspecified atom stereocenters. The van der Waals surface area contributed by atoms with Crippen molar-refractivity contribution in [1.29, 1.82) is 0 Å². The lowest BCUT2D eigenvalue weighted by Gasteiger charge is -2.20. The van der Waals surface area contributed by atoms with Gasteiger partial charge < -0.3 is 4.98 Å². The molecule has 0 aliphatic carbocycles. The summed E-state index contributed by atoms with van der Waals surface area (Å²) in [4.78, 5) is 13.7. The average Bonchev–Trinajstić information content (AvgIpc) is 2.84. The number of fused-ring (bicyclic) bond motifs is 3. The number of non-ortho nitro benzene ring substituents is 1. The lowest BCUT2D eigenvalue weighted by molar-refractivity contribution is -0.384. The van der Waals surface area contributed by atoms with Crippen molar-refractivity contribution in [2.45, 2.75) is 24.7 Å². The molecule has 0 fully saturated rings. The van der Waals surface area contributed by atoms with Crippen molar-refractivity contribution < 1.29 is 13.3 Å². The van der Waals surface area contributed by atoms with Crippen LogP contribution in [0, 0.1) is 17.0 Å². The van der Waals surface area contributed by atoms with E-state index in [0.717, 1.165) is 16.6 Å². The molecular weight excluding hydrogens is 366 g/mol. The second-order valence-electron chi connectivity index (χ2n) is 6.79. The zero-order valence-corrected chi connectivity index (χ0v) is 15.6. The quantitative estimate of drug-likeness (QED) is 0.553. The smallest absolute Gasteiger partial charge is 0.269 e. The molecule has 0 saturated heterocycles. The summed E-state index contributed by atoms with van der Waals surface area (Å²) in [6.07, 6.45) is 1.24. The summed E-state index contributed by atoms with van der Waals surface area (Å²) >= 11 is 0. The van der Waals surface area contributed by atoms with Crippen LogP contribution in [0.4, 0.5) is 5.69 Å². The van der Waals surface area contributed by atoms with Crippen molar-refractivity contribution in [2.75, 3.05) is 13.1 Å². The number of nitro benzene ring substituents is 1. The molecule has 1 aliphatic heterocycles. The van der Waals surface area contributed by atoms with Gasteiger partial charge in [-0.3, -0.25) is 10.1 Å². The molecule has 2 aromatic carbocycles. The van der Waals surface area contributed by atoms with Crippen molar-refractivity contribution in [2.24, 2.45) is 0 Å². The van der Waals surface area contributed by atoms with E-state index in [9.17, 15) is 18.5 Å². The zero-order valence-electron chi connectivity index (χ0n) is 14.8. The van der Waals surface area contributed by atoms with Crippen LogP contribution >= 0.6 is 0 Å². The first-order chi connectivity index (χ1) is 12.9. The Bertz CT molecular complexity index is 1130. The van der Waals surface area contributed by atoms with E-state index < -0.39 is 14.9 Å². The van der Waals surface area contributed by atoms with E-state index in [1.165, 1.54) is 39.7 Å². The van der Waals surface area contributed by atoms with Crippen LogP contribution in [0.15, 0.2) is 47.4 Å². The number of aromatic amines is 1. The molecule has 8 heteroatoms. The van der Waals surface area contributed by atoms with E-state index in [-0.39, 0.29) is 10.6 Å². The summed E-state index contributed by atoms with van der Waals surface area (Å²) in [5, 5.41) is 11.9. The summed E-state index contributed by atoms with van der Waals surface area (Å²) < 4.78 is 27.4. The van der Waals surface area contributed by atoms with Crippen LogP contribution < -0.4 is 0 Å². The summed E-state index contributed by atoms with van der Waals surface area (Å²) in [5.74, 6) is 0. The highest BCUT2D eigenvalue weighted by Crippen LogP contribution is 2.28. The number of nitrogens with one attached hydrogen (secondary N) is 1.